The smallest absolute Gasteiger partial charge is 0.223 e. The fourth-order valence-electron chi connectivity index (χ4n) is 4.07. The summed E-state index contributed by atoms with van der Waals surface area (Å²) in [5, 5.41) is 0. The van der Waals surface area contributed by atoms with Crippen molar-refractivity contribution < 1.29 is 19.1 Å². The van der Waals surface area contributed by atoms with Gasteiger partial charge < -0.3 is 14.4 Å². The highest BCUT2D eigenvalue weighted by molar-refractivity contribution is 9.10. The standard InChI is InChI=1S/C22H22BrNO4/c1-27-19-8-7-16(23)12-15(19)6-9-21(26)24-11-10-22(14-24)13-18(25)17-4-2-3-5-20(17)28-22/h2-5,7-8,12H,6,9-11,13-14H2,1H3. The number of ether oxygens (including phenoxy) is 2. The molecule has 2 aliphatic heterocycles. The van der Waals surface area contributed by atoms with Crippen LogP contribution in [0, 0.1) is 0 Å². The summed E-state index contributed by atoms with van der Waals surface area (Å²) in [7, 11) is 1.63. The molecular weight excluding hydrogens is 422 g/mol. The minimum absolute atomic E-state index is 0.0776. The van der Waals surface area contributed by atoms with Crippen LogP contribution < -0.4 is 9.47 Å². The van der Waals surface area contributed by atoms with E-state index in [-0.39, 0.29) is 11.7 Å². The summed E-state index contributed by atoms with van der Waals surface area (Å²) in [5.41, 5.74) is 1.05. The van der Waals surface area contributed by atoms with Crippen molar-refractivity contribution >= 4 is 27.6 Å². The van der Waals surface area contributed by atoms with E-state index in [1.54, 1.807) is 13.2 Å². The Labute approximate surface area is 172 Å². The lowest BCUT2D eigenvalue weighted by Crippen LogP contribution is -2.45. The van der Waals surface area contributed by atoms with Crippen LogP contribution in [0.3, 0.4) is 0 Å². The van der Waals surface area contributed by atoms with Crippen molar-refractivity contribution in [3.63, 3.8) is 0 Å². The number of fused-ring (bicyclic) bond motifs is 1. The fraction of sp³-hybridized carbons (Fsp3) is 0.364. The number of Topliss-reactive ketones (excluding diaryl/α,β-unsaturated/α-hetero) is 1. The second-order valence-electron chi connectivity index (χ2n) is 7.40. The molecule has 1 atom stereocenters. The van der Waals surface area contributed by atoms with Gasteiger partial charge in [0.05, 0.1) is 25.6 Å². The van der Waals surface area contributed by atoms with Gasteiger partial charge in [-0.2, -0.15) is 0 Å². The van der Waals surface area contributed by atoms with E-state index in [4.69, 9.17) is 9.47 Å². The molecule has 2 aliphatic rings. The third kappa shape index (κ3) is 3.65. The van der Waals surface area contributed by atoms with Gasteiger partial charge in [0.25, 0.3) is 0 Å². The first-order valence-corrected chi connectivity index (χ1v) is 10.2. The maximum Gasteiger partial charge on any atom is 0.223 e. The molecule has 146 valence electrons. The molecular formula is C22H22BrNO4. The van der Waals surface area contributed by atoms with E-state index in [0.717, 1.165) is 15.8 Å². The molecule has 1 spiro atoms. The summed E-state index contributed by atoms with van der Waals surface area (Å²) >= 11 is 3.47. The van der Waals surface area contributed by atoms with Gasteiger partial charge in [0.2, 0.25) is 5.91 Å². The Bertz CT molecular complexity index is 929. The van der Waals surface area contributed by atoms with Crippen LogP contribution in [-0.2, 0) is 11.2 Å². The number of carbonyl (C=O) groups excluding carboxylic acids is 2. The zero-order valence-electron chi connectivity index (χ0n) is 15.7. The summed E-state index contributed by atoms with van der Waals surface area (Å²) in [5.74, 6) is 1.59. The number of nitrogens with zero attached hydrogens (tertiary/aromatic N) is 1. The number of aryl methyl sites for hydroxylation is 1. The molecule has 5 nitrogen and oxygen atoms in total. The van der Waals surface area contributed by atoms with Crippen LogP contribution in [0.25, 0.3) is 0 Å². The van der Waals surface area contributed by atoms with Crippen LogP contribution in [-0.4, -0.2) is 42.4 Å². The van der Waals surface area contributed by atoms with Crippen molar-refractivity contribution in [2.24, 2.45) is 0 Å². The Morgan fingerprint density at radius 1 is 1.29 bits per heavy atom. The average molecular weight is 444 g/mol. The Morgan fingerprint density at radius 2 is 2.11 bits per heavy atom. The molecule has 0 aliphatic carbocycles. The molecule has 1 saturated heterocycles. The van der Waals surface area contributed by atoms with Crippen molar-refractivity contribution in [3.8, 4) is 11.5 Å². The van der Waals surface area contributed by atoms with Crippen molar-refractivity contribution in [1.29, 1.82) is 0 Å². The van der Waals surface area contributed by atoms with Gasteiger partial charge in [0.15, 0.2) is 5.78 Å². The number of ketones is 1. The van der Waals surface area contributed by atoms with Gasteiger partial charge in [-0.3, -0.25) is 9.59 Å². The molecule has 2 heterocycles. The number of halogens is 1. The molecule has 1 unspecified atom stereocenters. The lowest BCUT2D eigenvalue weighted by Gasteiger charge is -2.34. The molecule has 0 aromatic heterocycles. The number of benzene rings is 2. The molecule has 2 aromatic rings. The van der Waals surface area contributed by atoms with E-state index < -0.39 is 5.60 Å². The van der Waals surface area contributed by atoms with Crippen LogP contribution in [0.5, 0.6) is 11.5 Å². The van der Waals surface area contributed by atoms with E-state index >= 15 is 0 Å². The fourth-order valence-corrected chi connectivity index (χ4v) is 4.48. The molecule has 0 N–H and O–H groups in total. The quantitative estimate of drug-likeness (QED) is 0.715. The van der Waals surface area contributed by atoms with E-state index in [2.05, 4.69) is 15.9 Å². The first kappa shape index (κ1) is 19.0. The zero-order valence-corrected chi connectivity index (χ0v) is 17.3. The van der Waals surface area contributed by atoms with Crippen molar-refractivity contribution in [1.82, 2.24) is 4.90 Å². The number of hydrogen-bond acceptors (Lipinski definition) is 4. The first-order chi connectivity index (χ1) is 13.5. The lowest BCUT2D eigenvalue weighted by molar-refractivity contribution is -0.130. The molecule has 0 radical (unpaired) electrons. The van der Waals surface area contributed by atoms with E-state index in [1.165, 1.54) is 0 Å². The molecule has 6 heteroatoms. The number of para-hydroxylation sites is 1. The minimum atomic E-state index is -0.589. The van der Waals surface area contributed by atoms with Crippen LogP contribution in [0.4, 0.5) is 0 Å². The number of likely N-dealkylation sites (tertiary alicyclic amines) is 1. The van der Waals surface area contributed by atoms with Gasteiger partial charge in [0.1, 0.15) is 17.1 Å². The van der Waals surface area contributed by atoms with E-state index in [1.807, 2.05) is 41.3 Å². The SMILES string of the molecule is COc1ccc(Br)cc1CCC(=O)N1CCC2(CC(=O)c3ccccc3O2)C1. The van der Waals surface area contributed by atoms with Crippen LogP contribution >= 0.6 is 15.9 Å². The van der Waals surface area contributed by atoms with Gasteiger partial charge in [-0.1, -0.05) is 28.1 Å². The molecule has 1 amide bonds. The molecule has 0 saturated carbocycles. The molecule has 4 rings (SSSR count). The third-order valence-corrected chi connectivity index (χ3v) is 6.01. The second kappa shape index (κ2) is 7.59. The average Bonchev–Trinajstić information content (AvgIpc) is 3.09. The Kier molecular flexibility index (Phi) is 5.15. The number of methoxy groups -OCH3 is 1. The van der Waals surface area contributed by atoms with Gasteiger partial charge in [-0.25, -0.2) is 0 Å². The summed E-state index contributed by atoms with van der Waals surface area (Å²) in [6.07, 6.45) is 2.01. The molecule has 28 heavy (non-hydrogen) atoms. The molecule has 2 aromatic carbocycles. The number of carbonyl (C=O) groups is 2. The summed E-state index contributed by atoms with van der Waals surface area (Å²) < 4.78 is 12.6. The number of rotatable bonds is 4. The maximum atomic E-state index is 12.8. The highest BCUT2D eigenvalue weighted by Gasteiger charge is 2.46. The van der Waals surface area contributed by atoms with Crippen molar-refractivity contribution in [2.45, 2.75) is 31.3 Å². The van der Waals surface area contributed by atoms with E-state index in [9.17, 15) is 9.59 Å². The van der Waals surface area contributed by atoms with Crippen molar-refractivity contribution in [2.75, 3.05) is 20.2 Å². The normalized spacial score (nSPS) is 20.8. The molecule has 1 fully saturated rings. The topological polar surface area (TPSA) is 55.8 Å². The predicted molar refractivity (Wildman–Crippen MR) is 109 cm³/mol. The Hall–Kier alpha value is -2.34. The van der Waals surface area contributed by atoms with Crippen molar-refractivity contribution in [3.05, 3.63) is 58.1 Å². The van der Waals surface area contributed by atoms with Gasteiger partial charge in [-0.15, -0.1) is 0 Å². The monoisotopic (exact) mass is 443 g/mol. The van der Waals surface area contributed by atoms with E-state index in [0.29, 0.717) is 50.1 Å². The van der Waals surface area contributed by atoms with Crippen LogP contribution in [0.15, 0.2) is 46.9 Å². The highest BCUT2D eigenvalue weighted by Crippen LogP contribution is 2.38. The minimum Gasteiger partial charge on any atom is -0.496 e. The first-order valence-electron chi connectivity index (χ1n) is 9.41. The van der Waals surface area contributed by atoms with Crippen LogP contribution in [0.2, 0.25) is 0 Å². The highest BCUT2D eigenvalue weighted by atomic mass is 79.9. The summed E-state index contributed by atoms with van der Waals surface area (Å²) in [6.45, 7) is 1.07. The van der Waals surface area contributed by atoms with Gasteiger partial charge in [-0.05, 0) is 42.3 Å². The summed E-state index contributed by atoms with van der Waals surface area (Å²) in [4.78, 5) is 27.1. The second-order valence-corrected chi connectivity index (χ2v) is 8.32. The third-order valence-electron chi connectivity index (χ3n) is 5.52. The largest absolute Gasteiger partial charge is 0.496 e. The number of hydrogen-bond donors (Lipinski definition) is 0. The predicted octanol–water partition coefficient (Wildman–Crippen LogP) is 4.03. The van der Waals surface area contributed by atoms with Gasteiger partial charge >= 0.3 is 0 Å². The zero-order chi connectivity index (χ0) is 19.7. The van der Waals surface area contributed by atoms with Crippen LogP contribution in [0.1, 0.15) is 35.2 Å². The Balaban J connectivity index is 1.42. The molecule has 0 bridgehead atoms. The number of amides is 1. The Morgan fingerprint density at radius 3 is 2.93 bits per heavy atom. The summed E-state index contributed by atoms with van der Waals surface area (Å²) in [6, 6.07) is 13.1. The maximum absolute atomic E-state index is 12.8. The lowest BCUT2D eigenvalue weighted by atomic mass is 9.89. The van der Waals surface area contributed by atoms with Gasteiger partial charge in [0, 0.05) is 23.9 Å².